The topological polar surface area (TPSA) is 95.7 Å². The number of methoxy groups -OCH3 is 1. The normalized spacial score (nSPS) is 16.5. The van der Waals surface area contributed by atoms with Gasteiger partial charge in [0.25, 0.3) is 5.56 Å². The third kappa shape index (κ3) is 4.22. The van der Waals surface area contributed by atoms with Gasteiger partial charge in [-0.1, -0.05) is 18.2 Å². The molecule has 1 atom stereocenters. The first kappa shape index (κ1) is 20.8. The molecule has 0 unspecified atom stereocenters. The molecule has 8 nitrogen and oxygen atoms in total. The summed E-state index contributed by atoms with van der Waals surface area (Å²) in [5.74, 6) is 0.216. The van der Waals surface area contributed by atoms with E-state index in [-0.39, 0.29) is 22.3 Å². The van der Waals surface area contributed by atoms with Crippen LogP contribution in [0.4, 0.5) is 0 Å². The highest BCUT2D eigenvalue weighted by Crippen LogP contribution is 2.31. The van der Waals surface area contributed by atoms with Crippen LogP contribution in [0.1, 0.15) is 36.4 Å². The lowest BCUT2D eigenvalue weighted by molar-refractivity contribution is 0.156. The molecule has 0 spiro atoms. The summed E-state index contributed by atoms with van der Waals surface area (Å²) < 4.78 is 6.81. The summed E-state index contributed by atoms with van der Waals surface area (Å²) in [6.45, 7) is 0.750. The standard InChI is InChI=1S/C22H23N5O3S/c1-30-19-10-3-2-9-18(19)27-21(29)16(20(28)25-22(27)31)14-24-26-12-5-4-8-17(26)15-7-6-11-23-13-15/h2-3,6-7,9-11,13-14,17,29H,4-5,8,12H2,1H3,(H,25,28,31)/b24-14+/t17-/m1/s1. The number of hydrogen-bond acceptors (Lipinski definition) is 7. The van der Waals surface area contributed by atoms with Crippen LogP contribution >= 0.6 is 12.2 Å². The molecule has 1 aromatic carbocycles. The zero-order valence-electron chi connectivity index (χ0n) is 17.1. The van der Waals surface area contributed by atoms with Crippen LogP contribution in [0.3, 0.4) is 0 Å². The summed E-state index contributed by atoms with van der Waals surface area (Å²) in [6, 6.07) is 11.1. The molecule has 1 fully saturated rings. The van der Waals surface area contributed by atoms with E-state index in [1.165, 1.54) is 17.9 Å². The molecule has 1 aliphatic heterocycles. The highest BCUT2D eigenvalue weighted by atomic mass is 32.1. The molecule has 0 amide bonds. The largest absolute Gasteiger partial charge is 0.495 e. The van der Waals surface area contributed by atoms with Gasteiger partial charge in [-0.05, 0) is 55.2 Å². The maximum atomic E-state index is 12.6. The summed E-state index contributed by atoms with van der Waals surface area (Å²) in [5, 5.41) is 17.4. The Labute approximate surface area is 184 Å². The van der Waals surface area contributed by atoms with Gasteiger partial charge in [-0.25, -0.2) is 0 Å². The van der Waals surface area contributed by atoms with Gasteiger partial charge in [-0.3, -0.25) is 24.3 Å². The van der Waals surface area contributed by atoms with Crippen LogP contribution in [-0.2, 0) is 0 Å². The number of aromatic nitrogens is 3. The quantitative estimate of drug-likeness (QED) is 0.468. The molecule has 0 bridgehead atoms. The van der Waals surface area contributed by atoms with Crippen LogP contribution in [0.15, 0.2) is 58.7 Å². The van der Waals surface area contributed by atoms with Gasteiger partial charge >= 0.3 is 0 Å². The Balaban J connectivity index is 1.74. The van der Waals surface area contributed by atoms with Crippen LogP contribution < -0.4 is 10.3 Å². The van der Waals surface area contributed by atoms with Crippen molar-refractivity contribution in [2.45, 2.75) is 25.3 Å². The van der Waals surface area contributed by atoms with Crippen molar-refractivity contribution < 1.29 is 9.84 Å². The number of nitrogens with one attached hydrogen (secondary N) is 1. The van der Waals surface area contributed by atoms with Gasteiger partial charge in [0.2, 0.25) is 5.88 Å². The van der Waals surface area contributed by atoms with Crippen molar-refractivity contribution in [3.8, 4) is 17.3 Å². The first-order chi connectivity index (χ1) is 15.1. The second kappa shape index (κ2) is 9.13. The van der Waals surface area contributed by atoms with Gasteiger partial charge in [0.05, 0.1) is 25.1 Å². The van der Waals surface area contributed by atoms with Crippen molar-refractivity contribution in [2.75, 3.05) is 13.7 Å². The summed E-state index contributed by atoms with van der Waals surface area (Å²) in [4.78, 5) is 19.4. The number of nitrogens with zero attached hydrogens (tertiary/aromatic N) is 4. The van der Waals surface area contributed by atoms with E-state index in [4.69, 9.17) is 17.0 Å². The first-order valence-electron chi connectivity index (χ1n) is 10.0. The Morgan fingerprint density at radius 2 is 2.13 bits per heavy atom. The van der Waals surface area contributed by atoms with Crippen molar-refractivity contribution in [3.63, 3.8) is 0 Å². The zero-order chi connectivity index (χ0) is 21.8. The third-order valence-electron chi connectivity index (χ3n) is 5.33. The monoisotopic (exact) mass is 437 g/mol. The van der Waals surface area contributed by atoms with Gasteiger partial charge in [0, 0.05) is 18.9 Å². The number of aromatic hydroxyl groups is 1. The fraction of sp³-hybridized carbons (Fsp3) is 0.273. The maximum Gasteiger partial charge on any atom is 0.264 e. The number of ether oxygens (including phenoxy) is 1. The van der Waals surface area contributed by atoms with Gasteiger partial charge in [-0.2, -0.15) is 5.10 Å². The molecule has 31 heavy (non-hydrogen) atoms. The average molecular weight is 438 g/mol. The third-order valence-corrected chi connectivity index (χ3v) is 5.61. The van der Waals surface area contributed by atoms with Crippen LogP contribution in [0, 0.1) is 4.77 Å². The molecule has 0 aliphatic carbocycles. The number of rotatable bonds is 5. The molecule has 2 N–H and O–H groups in total. The van der Waals surface area contributed by atoms with E-state index < -0.39 is 5.56 Å². The van der Waals surface area contributed by atoms with E-state index in [9.17, 15) is 9.90 Å². The number of H-pyrrole nitrogens is 1. The van der Waals surface area contributed by atoms with E-state index in [2.05, 4.69) is 15.1 Å². The Bertz CT molecular complexity index is 1210. The Morgan fingerprint density at radius 3 is 2.90 bits per heavy atom. The number of pyridine rings is 1. The maximum absolute atomic E-state index is 12.6. The minimum Gasteiger partial charge on any atom is -0.495 e. The zero-order valence-corrected chi connectivity index (χ0v) is 17.9. The molecule has 1 saturated heterocycles. The van der Waals surface area contributed by atoms with Gasteiger partial charge < -0.3 is 9.84 Å². The minimum atomic E-state index is -0.507. The second-order valence-corrected chi connectivity index (χ2v) is 7.60. The molecule has 0 saturated carbocycles. The summed E-state index contributed by atoms with van der Waals surface area (Å²) in [5.41, 5.74) is 1.11. The lowest BCUT2D eigenvalue weighted by Gasteiger charge is -2.33. The van der Waals surface area contributed by atoms with E-state index in [1.807, 2.05) is 29.4 Å². The van der Waals surface area contributed by atoms with Gasteiger partial charge in [0.1, 0.15) is 11.3 Å². The van der Waals surface area contributed by atoms with Gasteiger partial charge in [0.15, 0.2) is 4.77 Å². The average Bonchev–Trinajstić information content (AvgIpc) is 2.80. The van der Waals surface area contributed by atoms with Crippen LogP contribution in [0.2, 0.25) is 0 Å². The van der Waals surface area contributed by atoms with Crippen molar-refractivity contribution >= 4 is 18.4 Å². The smallest absolute Gasteiger partial charge is 0.264 e. The van der Waals surface area contributed by atoms with Crippen molar-refractivity contribution in [1.82, 2.24) is 19.5 Å². The van der Waals surface area contributed by atoms with E-state index in [0.29, 0.717) is 11.4 Å². The fourth-order valence-corrected chi connectivity index (χ4v) is 4.07. The van der Waals surface area contributed by atoms with Crippen molar-refractivity contribution in [2.24, 2.45) is 5.10 Å². The van der Waals surface area contributed by atoms with E-state index in [0.717, 1.165) is 31.4 Å². The molecule has 4 rings (SSSR count). The van der Waals surface area contributed by atoms with Crippen molar-refractivity contribution in [1.29, 1.82) is 0 Å². The Morgan fingerprint density at radius 1 is 1.29 bits per heavy atom. The molecule has 9 heteroatoms. The lowest BCUT2D eigenvalue weighted by atomic mass is 9.98. The minimum absolute atomic E-state index is 0.0232. The first-order valence-corrected chi connectivity index (χ1v) is 10.4. The van der Waals surface area contributed by atoms with Gasteiger partial charge in [-0.15, -0.1) is 0 Å². The SMILES string of the molecule is COc1ccccc1-n1c(O)c(/C=N/N2CCCC[C@@H]2c2cccnc2)c(=O)[nH]c1=S. The van der Waals surface area contributed by atoms with E-state index in [1.54, 1.807) is 24.4 Å². The second-order valence-electron chi connectivity index (χ2n) is 7.21. The van der Waals surface area contributed by atoms with E-state index >= 15 is 0 Å². The number of benzene rings is 1. The van der Waals surface area contributed by atoms with Crippen LogP contribution in [-0.4, -0.2) is 44.5 Å². The van der Waals surface area contributed by atoms with Crippen LogP contribution in [0.5, 0.6) is 11.6 Å². The van der Waals surface area contributed by atoms with Crippen LogP contribution in [0.25, 0.3) is 5.69 Å². The molecular weight excluding hydrogens is 414 g/mol. The molecule has 3 heterocycles. The molecular formula is C22H23N5O3S. The predicted octanol–water partition coefficient (Wildman–Crippen LogP) is 3.57. The lowest BCUT2D eigenvalue weighted by Crippen LogP contribution is -2.29. The fourth-order valence-electron chi connectivity index (χ4n) is 3.79. The number of piperidine rings is 1. The number of hydrogen-bond donors (Lipinski definition) is 2. The predicted molar refractivity (Wildman–Crippen MR) is 121 cm³/mol. The molecule has 160 valence electrons. The summed E-state index contributed by atoms with van der Waals surface area (Å²) in [6.07, 6.45) is 8.01. The number of hydrazone groups is 1. The Kier molecular flexibility index (Phi) is 6.13. The molecule has 1 aliphatic rings. The molecule has 3 aromatic rings. The summed E-state index contributed by atoms with van der Waals surface area (Å²) >= 11 is 5.30. The molecule has 0 radical (unpaired) electrons. The Hall–Kier alpha value is -3.46. The highest BCUT2D eigenvalue weighted by Gasteiger charge is 2.23. The van der Waals surface area contributed by atoms with Crippen molar-refractivity contribution in [3.05, 3.63) is 75.0 Å². The highest BCUT2D eigenvalue weighted by molar-refractivity contribution is 7.71. The number of para-hydroxylation sites is 2. The molecule has 2 aromatic heterocycles. The summed E-state index contributed by atoms with van der Waals surface area (Å²) in [7, 11) is 1.53. The number of aromatic amines is 1.